The second kappa shape index (κ2) is 5.10. The Hall–Kier alpha value is -1.86. The highest BCUT2D eigenvalue weighted by atomic mass is 32.2. The number of carbonyl (C=O) groups is 1. The molecule has 6 nitrogen and oxygen atoms in total. The zero-order valence-electron chi connectivity index (χ0n) is 12.5. The molecule has 2 N–H and O–H groups in total. The van der Waals surface area contributed by atoms with Gasteiger partial charge in [0.2, 0.25) is 10.0 Å². The molecule has 0 amide bonds. The molecule has 0 radical (unpaired) electrons. The number of fused-ring (bicyclic) bond motifs is 3. The van der Waals surface area contributed by atoms with Crippen LogP contribution in [0.25, 0.3) is 10.9 Å². The Morgan fingerprint density at radius 1 is 1.41 bits per heavy atom. The highest BCUT2D eigenvalue weighted by molar-refractivity contribution is 7.89. The number of benzene rings is 1. The van der Waals surface area contributed by atoms with Crippen LogP contribution in [0.1, 0.15) is 30.0 Å². The number of sulfonamides is 1. The van der Waals surface area contributed by atoms with Gasteiger partial charge in [-0.05, 0) is 36.6 Å². The number of carboxylic acid groups (broad SMARTS) is 1. The number of nitrogens with one attached hydrogen (secondary N) is 1. The predicted molar refractivity (Wildman–Crippen MR) is 82.5 cm³/mol. The Morgan fingerprint density at radius 3 is 2.77 bits per heavy atom. The zero-order chi connectivity index (χ0) is 16.1. The van der Waals surface area contributed by atoms with Crippen molar-refractivity contribution >= 4 is 26.9 Å². The van der Waals surface area contributed by atoms with E-state index in [1.165, 1.54) is 18.4 Å². The van der Waals surface area contributed by atoms with E-state index >= 15 is 0 Å². The van der Waals surface area contributed by atoms with E-state index in [1.54, 1.807) is 18.2 Å². The van der Waals surface area contributed by atoms with E-state index in [-0.39, 0.29) is 17.2 Å². The topological polar surface area (TPSA) is 90.5 Å². The summed E-state index contributed by atoms with van der Waals surface area (Å²) in [6, 6.07) is 5.01. The van der Waals surface area contributed by atoms with Gasteiger partial charge in [0.1, 0.15) is 0 Å². The Balaban J connectivity index is 2.10. The van der Waals surface area contributed by atoms with Crippen molar-refractivity contribution in [2.24, 2.45) is 0 Å². The molecule has 1 aliphatic carbocycles. The lowest BCUT2D eigenvalue weighted by Crippen LogP contribution is -2.22. The average molecular weight is 322 g/mol. The first-order valence-electron chi connectivity index (χ1n) is 7.09. The van der Waals surface area contributed by atoms with Gasteiger partial charge in [-0.15, -0.1) is 0 Å². The highest BCUT2D eigenvalue weighted by Crippen LogP contribution is 2.40. The molecule has 1 atom stereocenters. The fraction of sp³-hybridized carbons (Fsp3) is 0.400. The standard InChI is InChI=1S/C15H18N2O4S/c1-17(2)22(20,21)10-4-6-13-12(8-10)11-5-3-9(7-14(18)19)15(11)16-13/h4,6,8-9,16H,3,5,7H2,1-2H3,(H,18,19). The third kappa shape index (κ3) is 2.30. The minimum absolute atomic E-state index is 0.0196. The number of aryl methyl sites for hydroxylation is 1. The number of H-pyrrole nitrogens is 1. The maximum atomic E-state index is 12.2. The molecular weight excluding hydrogens is 304 g/mol. The summed E-state index contributed by atoms with van der Waals surface area (Å²) in [7, 11) is -0.463. The molecule has 0 fully saturated rings. The average Bonchev–Trinajstić information content (AvgIpc) is 2.97. The monoisotopic (exact) mass is 322 g/mol. The third-order valence-electron chi connectivity index (χ3n) is 4.26. The number of rotatable bonds is 4. The first kappa shape index (κ1) is 15.1. The van der Waals surface area contributed by atoms with Crippen molar-refractivity contribution < 1.29 is 18.3 Å². The molecule has 22 heavy (non-hydrogen) atoms. The van der Waals surface area contributed by atoms with Gasteiger partial charge in [-0.2, -0.15) is 0 Å². The molecule has 1 aromatic heterocycles. The van der Waals surface area contributed by atoms with Crippen molar-refractivity contribution in [1.82, 2.24) is 9.29 Å². The fourth-order valence-electron chi connectivity index (χ4n) is 3.11. The van der Waals surface area contributed by atoms with Crippen molar-refractivity contribution in [3.8, 4) is 0 Å². The van der Waals surface area contributed by atoms with E-state index in [4.69, 9.17) is 5.11 Å². The van der Waals surface area contributed by atoms with Crippen LogP contribution in [0.5, 0.6) is 0 Å². The maximum Gasteiger partial charge on any atom is 0.304 e. The minimum atomic E-state index is -3.47. The summed E-state index contributed by atoms with van der Waals surface area (Å²) in [5, 5.41) is 9.87. The Morgan fingerprint density at radius 2 is 2.14 bits per heavy atom. The Kier molecular flexibility index (Phi) is 3.49. The van der Waals surface area contributed by atoms with Crippen LogP contribution in [0.3, 0.4) is 0 Å². The lowest BCUT2D eigenvalue weighted by molar-refractivity contribution is -0.137. The van der Waals surface area contributed by atoms with Gasteiger partial charge in [-0.25, -0.2) is 12.7 Å². The van der Waals surface area contributed by atoms with Crippen molar-refractivity contribution in [2.45, 2.75) is 30.1 Å². The lowest BCUT2D eigenvalue weighted by atomic mass is 10.0. The number of nitrogens with zero attached hydrogens (tertiary/aromatic N) is 1. The Labute approximate surface area is 128 Å². The summed E-state index contributed by atoms with van der Waals surface area (Å²) in [6.45, 7) is 0. The normalized spacial score (nSPS) is 18.0. The van der Waals surface area contributed by atoms with E-state index in [2.05, 4.69) is 4.98 Å². The summed E-state index contributed by atoms with van der Waals surface area (Å²) < 4.78 is 25.7. The van der Waals surface area contributed by atoms with Gasteiger partial charge < -0.3 is 10.1 Å². The molecular formula is C15H18N2O4S. The van der Waals surface area contributed by atoms with Crippen LogP contribution in [-0.4, -0.2) is 42.9 Å². The van der Waals surface area contributed by atoms with Crippen molar-refractivity contribution in [1.29, 1.82) is 0 Å². The van der Waals surface area contributed by atoms with Gasteiger partial charge in [0.05, 0.1) is 11.3 Å². The SMILES string of the molecule is CN(C)S(=O)(=O)c1ccc2[nH]c3c(c2c1)CCC3CC(=O)O. The van der Waals surface area contributed by atoms with Crippen LogP contribution >= 0.6 is 0 Å². The van der Waals surface area contributed by atoms with E-state index in [0.29, 0.717) is 0 Å². The van der Waals surface area contributed by atoms with Crippen LogP contribution in [0.2, 0.25) is 0 Å². The molecule has 0 aliphatic heterocycles. The highest BCUT2D eigenvalue weighted by Gasteiger charge is 2.29. The fourth-order valence-corrected chi connectivity index (χ4v) is 4.04. The van der Waals surface area contributed by atoms with Gasteiger partial charge in [-0.3, -0.25) is 4.79 Å². The molecule has 1 unspecified atom stereocenters. The third-order valence-corrected chi connectivity index (χ3v) is 6.07. The van der Waals surface area contributed by atoms with Gasteiger partial charge in [0.15, 0.2) is 0 Å². The van der Waals surface area contributed by atoms with E-state index in [0.717, 1.165) is 35.0 Å². The second-order valence-corrected chi connectivity index (χ2v) is 8.00. The van der Waals surface area contributed by atoms with Crippen LogP contribution in [0.4, 0.5) is 0 Å². The van der Waals surface area contributed by atoms with Gasteiger partial charge >= 0.3 is 5.97 Å². The van der Waals surface area contributed by atoms with Crippen LogP contribution in [0.15, 0.2) is 23.1 Å². The molecule has 3 rings (SSSR count). The molecule has 0 spiro atoms. The van der Waals surface area contributed by atoms with Crippen LogP contribution in [-0.2, 0) is 21.2 Å². The zero-order valence-corrected chi connectivity index (χ0v) is 13.3. The Bertz CT molecular complexity index is 852. The maximum absolute atomic E-state index is 12.2. The number of aliphatic carboxylic acids is 1. The summed E-state index contributed by atoms with van der Waals surface area (Å²) in [6.07, 6.45) is 1.66. The minimum Gasteiger partial charge on any atom is -0.481 e. The molecule has 118 valence electrons. The number of aromatic nitrogens is 1. The van der Waals surface area contributed by atoms with E-state index in [9.17, 15) is 13.2 Å². The smallest absolute Gasteiger partial charge is 0.304 e. The summed E-state index contributed by atoms with van der Waals surface area (Å²) >= 11 is 0. The van der Waals surface area contributed by atoms with Gasteiger partial charge in [-0.1, -0.05) is 0 Å². The van der Waals surface area contributed by atoms with Crippen molar-refractivity contribution in [3.05, 3.63) is 29.5 Å². The largest absolute Gasteiger partial charge is 0.481 e. The number of carboxylic acids is 1. The summed E-state index contributed by atoms with van der Waals surface area (Å²) in [4.78, 5) is 14.5. The molecule has 0 saturated carbocycles. The first-order chi connectivity index (χ1) is 10.3. The first-order valence-corrected chi connectivity index (χ1v) is 8.53. The molecule has 2 aromatic rings. The number of hydrogen-bond acceptors (Lipinski definition) is 3. The van der Waals surface area contributed by atoms with E-state index in [1.807, 2.05) is 0 Å². The molecule has 1 aromatic carbocycles. The van der Waals surface area contributed by atoms with Crippen molar-refractivity contribution in [3.63, 3.8) is 0 Å². The lowest BCUT2D eigenvalue weighted by Gasteiger charge is -2.11. The second-order valence-electron chi connectivity index (χ2n) is 5.85. The summed E-state index contributed by atoms with van der Waals surface area (Å²) in [5.74, 6) is -0.832. The van der Waals surface area contributed by atoms with Crippen LogP contribution < -0.4 is 0 Å². The number of aromatic amines is 1. The van der Waals surface area contributed by atoms with E-state index < -0.39 is 16.0 Å². The molecule has 1 aliphatic rings. The predicted octanol–water partition coefficient (Wildman–Crippen LogP) is 1.92. The quantitative estimate of drug-likeness (QED) is 0.900. The summed E-state index contributed by atoms with van der Waals surface area (Å²) in [5.41, 5.74) is 2.85. The molecule has 1 heterocycles. The molecule has 0 bridgehead atoms. The molecule has 0 saturated heterocycles. The van der Waals surface area contributed by atoms with Gasteiger partial charge in [0.25, 0.3) is 0 Å². The number of hydrogen-bond donors (Lipinski definition) is 2. The molecule has 7 heteroatoms. The van der Waals surface area contributed by atoms with Gasteiger partial charge in [0, 0.05) is 36.6 Å². The van der Waals surface area contributed by atoms with Crippen molar-refractivity contribution in [2.75, 3.05) is 14.1 Å². The van der Waals surface area contributed by atoms with Crippen LogP contribution in [0, 0.1) is 0 Å².